The van der Waals surface area contributed by atoms with Crippen LogP contribution in [0.4, 0.5) is 4.79 Å². The van der Waals surface area contributed by atoms with E-state index in [4.69, 9.17) is 4.74 Å². The number of amides is 1. The minimum atomic E-state index is -0.228. The molecule has 0 aliphatic carbocycles. The van der Waals surface area contributed by atoms with Gasteiger partial charge < -0.3 is 9.64 Å². The molecule has 3 nitrogen and oxygen atoms in total. The quantitative estimate of drug-likeness (QED) is 0.749. The van der Waals surface area contributed by atoms with Gasteiger partial charge in [0.15, 0.2) is 0 Å². The zero-order chi connectivity index (χ0) is 16.2. The lowest BCUT2D eigenvalue weighted by atomic mass is 9.91. The van der Waals surface area contributed by atoms with Crippen LogP contribution < -0.4 is 0 Å². The Labute approximate surface area is 145 Å². The second-order valence-corrected chi connectivity index (χ2v) is 6.67. The topological polar surface area (TPSA) is 29.5 Å². The third kappa shape index (κ3) is 3.58. The molecule has 0 aromatic heterocycles. The Balaban J connectivity index is 1.72. The van der Waals surface area contributed by atoms with Crippen LogP contribution in [0.2, 0.25) is 0 Å². The van der Waals surface area contributed by atoms with Crippen molar-refractivity contribution in [3.8, 4) is 0 Å². The lowest BCUT2D eigenvalue weighted by molar-refractivity contribution is 0.0761. The molecule has 0 fully saturated rings. The molecular weight excluding hydrogens is 354 g/mol. The molecule has 1 unspecified atom stereocenters. The molecule has 0 saturated heterocycles. The molecule has 120 valence electrons. The predicted molar refractivity (Wildman–Crippen MR) is 94.2 cm³/mol. The molecule has 1 amide bonds. The molecule has 1 aliphatic heterocycles. The Morgan fingerprint density at radius 2 is 2.04 bits per heavy atom. The summed E-state index contributed by atoms with van der Waals surface area (Å²) in [6.45, 7) is 3.13. The van der Waals surface area contributed by atoms with E-state index < -0.39 is 0 Å². The van der Waals surface area contributed by atoms with Crippen LogP contribution in [-0.4, -0.2) is 17.5 Å². The highest BCUT2D eigenvalue weighted by Crippen LogP contribution is 2.34. The van der Waals surface area contributed by atoms with Crippen molar-refractivity contribution >= 4 is 22.0 Å². The molecular formula is C19H20BrNO2. The van der Waals surface area contributed by atoms with E-state index in [1.54, 1.807) is 0 Å². The number of nitrogens with zero attached hydrogens (tertiary/aromatic N) is 1. The molecule has 23 heavy (non-hydrogen) atoms. The van der Waals surface area contributed by atoms with Crippen molar-refractivity contribution in [3.05, 3.63) is 69.7 Å². The van der Waals surface area contributed by atoms with Gasteiger partial charge in [0.05, 0.1) is 6.04 Å². The maximum absolute atomic E-state index is 12.5. The third-order valence-corrected chi connectivity index (χ3v) is 4.78. The highest BCUT2D eigenvalue weighted by Gasteiger charge is 2.30. The average molecular weight is 374 g/mol. The zero-order valence-electron chi connectivity index (χ0n) is 13.2. The van der Waals surface area contributed by atoms with Gasteiger partial charge in [-0.25, -0.2) is 4.79 Å². The van der Waals surface area contributed by atoms with E-state index in [9.17, 15) is 4.79 Å². The molecule has 2 aromatic carbocycles. The van der Waals surface area contributed by atoms with E-state index in [0.29, 0.717) is 13.2 Å². The minimum absolute atomic E-state index is 0.0927. The van der Waals surface area contributed by atoms with Gasteiger partial charge >= 0.3 is 6.09 Å². The summed E-state index contributed by atoms with van der Waals surface area (Å²) in [5, 5.41) is 0. The fourth-order valence-corrected chi connectivity index (χ4v) is 3.55. The summed E-state index contributed by atoms with van der Waals surface area (Å²) in [5.74, 6) is 0. The van der Waals surface area contributed by atoms with E-state index in [1.807, 2.05) is 41.3 Å². The smallest absolute Gasteiger partial charge is 0.410 e. The Morgan fingerprint density at radius 1 is 1.26 bits per heavy atom. The van der Waals surface area contributed by atoms with Gasteiger partial charge in [-0.05, 0) is 41.7 Å². The Morgan fingerprint density at radius 3 is 2.78 bits per heavy atom. The van der Waals surface area contributed by atoms with Crippen LogP contribution in [-0.2, 0) is 17.8 Å². The Hall–Kier alpha value is -1.81. The number of ether oxygens (including phenoxy) is 1. The number of carbonyl (C=O) groups is 1. The van der Waals surface area contributed by atoms with Gasteiger partial charge in [0, 0.05) is 11.0 Å². The standard InChI is InChI=1S/C19H20BrNO2/c1-2-18-17-9-8-16(20)12-15(17)10-11-21(18)19(22)23-13-14-6-4-3-5-7-14/h3-9,12,18H,2,10-11,13H2,1H3. The van der Waals surface area contributed by atoms with Crippen molar-refractivity contribution in [3.63, 3.8) is 0 Å². The highest BCUT2D eigenvalue weighted by molar-refractivity contribution is 9.10. The second kappa shape index (κ2) is 7.18. The molecule has 4 heteroatoms. The number of rotatable bonds is 3. The first kappa shape index (κ1) is 16.1. The first-order chi connectivity index (χ1) is 11.2. The summed E-state index contributed by atoms with van der Waals surface area (Å²) < 4.78 is 6.61. The van der Waals surface area contributed by atoms with Gasteiger partial charge in [0.1, 0.15) is 6.61 Å². The van der Waals surface area contributed by atoms with E-state index >= 15 is 0 Å². The first-order valence-electron chi connectivity index (χ1n) is 7.94. The normalized spacial score (nSPS) is 16.8. The SMILES string of the molecule is CCC1c2ccc(Br)cc2CCN1C(=O)OCc1ccccc1. The molecule has 0 saturated carbocycles. The van der Waals surface area contributed by atoms with Crippen LogP contribution in [0.15, 0.2) is 53.0 Å². The van der Waals surface area contributed by atoms with Gasteiger partial charge in [-0.1, -0.05) is 59.3 Å². The van der Waals surface area contributed by atoms with E-state index in [2.05, 4.69) is 35.0 Å². The van der Waals surface area contributed by atoms with E-state index in [1.165, 1.54) is 11.1 Å². The first-order valence-corrected chi connectivity index (χ1v) is 8.74. The van der Waals surface area contributed by atoms with Gasteiger partial charge in [0.25, 0.3) is 0 Å². The summed E-state index contributed by atoms with van der Waals surface area (Å²) >= 11 is 3.52. The number of hydrogen-bond donors (Lipinski definition) is 0. The van der Waals surface area contributed by atoms with Crippen LogP contribution >= 0.6 is 15.9 Å². The monoisotopic (exact) mass is 373 g/mol. The van der Waals surface area contributed by atoms with Crippen molar-refractivity contribution < 1.29 is 9.53 Å². The second-order valence-electron chi connectivity index (χ2n) is 5.75. The summed E-state index contributed by atoms with van der Waals surface area (Å²) in [4.78, 5) is 14.4. The summed E-state index contributed by atoms with van der Waals surface area (Å²) in [6.07, 6.45) is 1.52. The number of halogens is 1. The molecule has 0 bridgehead atoms. The van der Waals surface area contributed by atoms with Crippen LogP contribution in [0, 0.1) is 0 Å². The molecule has 0 spiro atoms. The maximum atomic E-state index is 12.5. The molecule has 3 rings (SSSR count). The number of benzene rings is 2. The Bertz CT molecular complexity index is 687. The largest absolute Gasteiger partial charge is 0.445 e. The molecule has 1 heterocycles. The van der Waals surface area contributed by atoms with Crippen LogP contribution in [0.25, 0.3) is 0 Å². The lowest BCUT2D eigenvalue weighted by Crippen LogP contribution is -2.40. The Kier molecular flexibility index (Phi) is 5.01. The average Bonchev–Trinajstić information content (AvgIpc) is 2.59. The van der Waals surface area contributed by atoms with Crippen molar-refractivity contribution in [1.82, 2.24) is 4.90 Å². The highest BCUT2D eigenvalue weighted by atomic mass is 79.9. The maximum Gasteiger partial charge on any atom is 0.410 e. The molecule has 1 atom stereocenters. The van der Waals surface area contributed by atoms with Gasteiger partial charge in [-0.2, -0.15) is 0 Å². The van der Waals surface area contributed by atoms with Crippen LogP contribution in [0.1, 0.15) is 36.1 Å². The van der Waals surface area contributed by atoms with Crippen LogP contribution in [0.5, 0.6) is 0 Å². The molecule has 1 aliphatic rings. The zero-order valence-corrected chi connectivity index (χ0v) is 14.8. The number of carbonyl (C=O) groups excluding carboxylic acids is 1. The van der Waals surface area contributed by atoms with E-state index in [-0.39, 0.29) is 12.1 Å². The fraction of sp³-hybridized carbons (Fsp3) is 0.316. The van der Waals surface area contributed by atoms with E-state index in [0.717, 1.165) is 22.9 Å². The van der Waals surface area contributed by atoms with Gasteiger partial charge in [-0.3, -0.25) is 0 Å². The lowest BCUT2D eigenvalue weighted by Gasteiger charge is -2.36. The third-order valence-electron chi connectivity index (χ3n) is 4.29. The predicted octanol–water partition coefficient (Wildman–Crippen LogP) is 5.10. The van der Waals surface area contributed by atoms with Crippen molar-refractivity contribution in [2.24, 2.45) is 0 Å². The molecule has 0 N–H and O–H groups in total. The summed E-state index contributed by atoms with van der Waals surface area (Å²) in [5.41, 5.74) is 3.56. The van der Waals surface area contributed by atoms with Crippen molar-refractivity contribution in [1.29, 1.82) is 0 Å². The van der Waals surface area contributed by atoms with Gasteiger partial charge in [-0.15, -0.1) is 0 Å². The van der Waals surface area contributed by atoms with Gasteiger partial charge in [0.2, 0.25) is 0 Å². The van der Waals surface area contributed by atoms with Crippen molar-refractivity contribution in [2.75, 3.05) is 6.54 Å². The molecule has 2 aromatic rings. The summed E-state index contributed by atoms with van der Waals surface area (Å²) in [7, 11) is 0. The fourth-order valence-electron chi connectivity index (χ4n) is 3.14. The number of hydrogen-bond acceptors (Lipinski definition) is 2. The summed E-state index contributed by atoms with van der Waals surface area (Å²) in [6, 6.07) is 16.2. The van der Waals surface area contributed by atoms with Crippen LogP contribution in [0.3, 0.4) is 0 Å². The molecule has 0 radical (unpaired) electrons. The minimum Gasteiger partial charge on any atom is -0.445 e. The van der Waals surface area contributed by atoms with Crippen molar-refractivity contribution in [2.45, 2.75) is 32.4 Å². The number of fused-ring (bicyclic) bond motifs is 1.